The molecule has 1 aliphatic rings. The summed E-state index contributed by atoms with van der Waals surface area (Å²) in [7, 11) is 0. The minimum absolute atomic E-state index is 0.0209. The van der Waals surface area contributed by atoms with Gasteiger partial charge in [-0.25, -0.2) is 0 Å². The zero-order chi connectivity index (χ0) is 7.78. The Balaban J connectivity index is 2.25. The Morgan fingerprint density at radius 3 is 2.50 bits per heavy atom. The molecule has 0 aliphatic carbocycles. The van der Waals surface area contributed by atoms with Crippen molar-refractivity contribution >= 4 is 0 Å². The van der Waals surface area contributed by atoms with E-state index < -0.39 is 5.60 Å². The zero-order valence-corrected chi connectivity index (χ0v) is 6.72. The molecule has 3 nitrogen and oxygen atoms in total. The first-order valence-corrected chi connectivity index (χ1v) is 3.67. The molecule has 60 valence electrons. The van der Waals surface area contributed by atoms with Crippen LogP contribution in [0, 0.1) is 0 Å². The van der Waals surface area contributed by atoms with Gasteiger partial charge in [-0.15, -0.1) is 0 Å². The van der Waals surface area contributed by atoms with Crippen LogP contribution in [-0.4, -0.2) is 29.6 Å². The average molecular weight is 145 g/mol. The normalized spacial score (nSPS) is 32.4. The fourth-order valence-electron chi connectivity index (χ4n) is 1.01. The first kappa shape index (κ1) is 7.98. The highest BCUT2D eigenvalue weighted by Crippen LogP contribution is 2.29. The Bertz CT molecular complexity index is 119. The number of rotatable bonds is 3. The molecule has 2 atom stereocenters. The summed E-state index contributed by atoms with van der Waals surface area (Å²) < 4.78 is 5.16. The molecule has 2 N–H and O–H groups in total. The molecule has 0 amide bonds. The van der Waals surface area contributed by atoms with Gasteiger partial charge in [0.05, 0.1) is 5.60 Å². The van der Waals surface area contributed by atoms with Crippen LogP contribution in [0.2, 0.25) is 0 Å². The first-order valence-electron chi connectivity index (χ1n) is 3.67. The Morgan fingerprint density at radius 2 is 2.20 bits per heavy atom. The third kappa shape index (κ3) is 1.68. The summed E-state index contributed by atoms with van der Waals surface area (Å²) in [5.74, 6) is 0. The Hall–Kier alpha value is -0.120. The molecule has 0 saturated carbocycles. The maximum Gasteiger partial charge on any atom is 0.138 e. The van der Waals surface area contributed by atoms with E-state index in [0.29, 0.717) is 0 Å². The summed E-state index contributed by atoms with van der Waals surface area (Å²) in [6, 6.07) is 0. The molecular weight excluding hydrogens is 130 g/mol. The maximum atomic E-state index is 9.39. The van der Waals surface area contributed by atoms with Crippen LogP contribution in [0.1, 0.15) is 20.8 Å². The van der Waals surface area contributed by atoms with E-state index in [9.17, 15) is 5.11 Å². The number of hydrogen-bond donors (Lipinski definition) is 2. The van der Waals surface area contributed by atoms with E-state index in [-0.39, 0.29) is 12.3 Å². The Morgan fingerprint density at radius 1 is 1.60 bits per heavy atom. The van der Waals surface area contributed by atoms with E-state index in [1.54, 1.807) is 13.8 Å². The highest BCUT2D eigenvalue weighted by atomic mass is 16.6. The van der Waals surface area contributed by atoms with Gasteiger partial charge >= 0.3 is 0 Å². The monoisotopic (exact) mass is 145 g/mol. The fourth-order valence-corrected chi connectivity index (χ4v) is 1.01. The molecule has 3 heteroatoms. The highest BCUT2D eigenvalue weighted by Gasteiger charge is 2.48. The molecule has 1 aliphatic heterocycles. The van der Waals surface area contributed by atoms with Crippen molar-refractivity contribution in [3.8, 4) is 0 Å². The highest BCUT2D eigenvalue weighted by molar-refractivity contribution is 4.94. The lowest BCUT2D eigenvalue weighted by molar-refractivity contribution is 0.0482. The topological polar surface area (TPSA) is 44.8 Å². The van der Waals surface area contributed by atoms with Crippen LogP contribution in [0.5, 0.6) is 0 Å². The zero-order valence-electron chi connectivity index (χ0n) is 6.72. The third-order valence-corrected chi connectivity index (χ3v) is 1.59. The van der Waals surface area contributed by atoms with Gasteiger partial charge in [0.25, 0.3) is 0 Å². The maximum absolute atomic E-state index is 9.39. The van der Waals surface area contributed by atoms with Crippen LogP contribution < -0.4 is 5.32 Å². The van der Waals surface area contributed by atoms with Crippen LogP contribution in [-0.2, 0) is 4.74 Å². The summed E-state index contributed by atoms with van der Waals surface area (Å²) in [4.78, 5) is 0. The Kier molecular flexibility index (Phi) is 1.99. The number of ether oxygens (including phenoxy) is 1. The molecule has 1 heterocycles. The summed E-state index contributed by atoms with van der Waals surface area (Å²) in [6.45, 7) is 6.42. The fraction of sp³-hybridized carbons (Fsp3) is 1.00. The molecule has 1 fully saturated rings. The summed E-state index contributed by atoms with van der Waals surface area (Å²) in [6.07, 6.45) is 0.0532. The lowest BCUT2D eigenvalue weighted by atomic mass is 10.1. The van der Waals surface area contributed by atoms with Crippen molar-refractivity contribution in [2.75, 3.05) is 6.54 Å². The van der Waals surface area contributed by atoms with Gasteiger partial charge < -0.3 is 9.84 Å². The first-order chi connectivity index (χ1) is 4.55. The Labute approximate surface area is 61.4 Å². The van der Waals surface area contributed by atoms with Crippen molar-refractivity contribution < 1.29 is 9.84 Å². The molecular formula is C7H15NO2. The van der Waals surface area contributed by atoms with Crippen molar-refractivity contribution in [2.24, 2.45) is 0 Å². The smallest absolute Gasteiger partial charge is 0.138 e. The minimum Gasteiger partial charge on any atom is -0.388 e. The predicted molar refractivity (Wildman–Crippen MR) is 38.6 cm³/mol. The van der Waals surface area contributed by atoms with Crippen molar-refractivity contribution in [1.29, 1.82) is 0 Å². The van der Waals surface area contributed by atoms with Crippen molar-refractivity contribution in [3.63, 3.8) is 0 Å². The predicted octanol–water partition coefficient (Wildman–Crippen LogP) is 0.0917. The second-order valence-electron chi connectivity index (χ2n) is 3.19. The molecule has 0 spiro atoms. The summed E-state index contributed by atoms with van der Waals surface area (Å²) in [5.41, 5.74) is -0.702. The van der Waals surface area contributed by atoms with Gasteiger partial charge in [0.2, 0.25) is 0 Å². The van der Waals surface area contributed by atoms with Crippen LogP contribution in [0.25, 0.3) is 0 Å². The lowest BCUT2D eigenvalue weighted by Crippen LogP contribution is -2.32. The number of nitrogens with one attached hydrogen (secondary N) is 1. The molecule has 2 unspecified atom stereocenters. The van der Waals surface area contributed by atoms with Gasteiger partial charge in [0, 0.05) is 0 Å². The summed E-state index contributed by atoms with van der Waals surface area (Å²) >= 11 is 0. The van der Waals surface area contributed by atoms with Crippen molar-refractivity contribution in [3.05, 3.63) is 0 Å². The van der Waals surface area contributed by atoms with Gasteiger partial charge in [0.15, 0.2) is 0 Å². The molecule has 0 aromatic carbocycles. The van der Waals surface area contributed by atoms with Gasteiger partial charge in [-0.05, 0) is 20.4 Å². The van der Waals surface area contributed by atoms with E-state index in [1.807, 2.05) is 6.92 Å². The van der Waals surface area contributed by atoms with Crippen LogP contribution in [0.15, 0.2) is 0 Å². The molecule has 1 saturated heterocycles. The van der Waals surface area contributed by atoms with E-state index in [0.717, 1.165) is 6.54 Å². The SMILES string of the molecule is CCNC1OC1C(C)(C)O. The second-order valence-corrected chi connectivity index (χ2v) is 3.19. The van der Waals surface area contributed by atoms with Crippen molar-refractivity contribution in [1.82, 2.24) is 5.32 Å². The van der Waals surface area contributed by atoms with Crippen LogP contribution in [0.3, 0.4) is 0 Å². The van der Waals surface area contributed by atoms with Crippen LogP contribution >= 0.6 is 0 Å². The van der Waals surface area contributed by atoms with E-state index in [2.05, 4.69) is 5.32 Å². The summed E-state index contributed by atoms with van der Waals surface area (Å²) in [5, 5.41) is 12.5. The molecule has 0 aromatic rings. The molecule has 0 radical (unpaired) electrons. The van der Waals surface area contributed by atoms with Gasteiger partial charge in [-0.3, -0.25) is 5.32 Å². The van der Waals surface area contributed by atoms with E-state index >= 15 is 0 Å². The number of epoxide rings is 1. The quantitative estimate of drug-likeness (QED) is 0.553. The van der Waals surface area contributed by atoms with Gasteiger partial charge in [0.1, 0.15) is 12.3 Å². The third-order valence-electron chi connectivity index (χ3n) is 1.59. The molecule has 0 aromatic heterocycles. The second kappa shape index (κ2) is 2.49. The number of likely N-dealkylation sites (N-methyl/N-ethyl adjacent to an activating group) is 1. The number of hydrogen-bond acceptors (Lipinski definition) is 3. The van der Waals surface area contributed by atoms with Crippen molar-refractivity contribution in [2.45, 2.75) is 38.7 Å². The molecule has 1 rings (SSSR count). The molecule has 0 bridgehead atoms. The average Bonchev–Trinajstić information content (AvgIpc) is 2.44. The number of aliphatic hydroxyl groups is 1. The van der Waals surface area contributed by atoms with Gasteiger partial charge in [-0.1, -0.05) is 6.92 Å². The van der Waals surface area contributed by atoms with Gasteiger partial charge in [-0.2, -0.15) is 0 Å². The van der Waals surface area contributed by atoms with Crippen LogP contribution in [0.4, 0.5) is 0 Å². The lowest BCUT2D eigenvalue weighted by Gasteiger charge is -2.12. The van der Waals surface area contributed by atoms with E-state index in [1.165, 1.54) is 0 Å². The largest absolute Gasteiger partial charge is 0.388 e. The van der Waals surface area contributed by atoms with E-state index in [4.69, 9.17) is 4.74 Å². The minimum atomic E-state index is -0.702. The standard InChI is InChI=1S/C7H15NO2/c1-4-8-6-5(10-6)7(2,3)9/h5-6,8-9H,4H2,1-3H3. The molecule has 10 heavy (non-hydrogen) atoms.